The predicted molar refractivity (Wildman–Crippen MR) is 81.7 cm³/mol. The second kappa shape index (κ2) is 5.43. The fourth-order valence-electron chi connectivity index (χ4n) is 2.12. The number of benzene rings is 1. The van der Waals surface area contributed by atoms with Gasteiger partial charge in [0.25, 0.3) is 0 Å². The van der Waals surface area contributed by atoms with Gasteiger partial charge in [0.05, 0.1) is 12.2 Å². The van der Waals surface area contributed by atoms with Gasteiger partial charge in [-0.15, -0.1) is 11.3 Å². The van der Waals surface area contributed by atoms with Gasteiger partial charge in [-0.05, 0) is 30.2 Å². The lowest BCUT2D eigenvalue weighted by molar-refractivity contribution is 0.766. The zero-order valence-corrected chi connectivity index (χ0v) is 12.0. The predicted octanol–water partition coefficient (Wildman–Crippen LogP) is 3.45. The van der Waals surface area contributed by atoms with Gasteiger partial charge in [0.15, 0.2) is 4.80 Å². The molecule has 0 aliphatic rings. The van der Waals surface area contributed by atoms with Gasteiger partial charge in [-0.3, -0.25) is 10.4 Å². The molecule has 0 saturated carbocycles. The maximum absolute atomic E-state index is 8.10. The maximum Gasteiger partial charge on any atom is 0.182 e. The van der Waals surface area contributed by atoms with Crippen LogP contribution >= 0.6 is 11.3 Å². The van der Waals surface area contributed by atoms with Crippen molar-refractivity contribution in [3.63, 3.8) is 0 Å². The molecule has 0 aliphatic carbocycles. The molecule has 3 rings (SSSR count). The molecule has 0 fully saturated rings. The fraction of sp³-hybridized carbons (Fsp3) is 0.125. The van der Waals surface area contributed by atoms with Crippen molar-refractivity contribution in [1.29, 1.82) is 5.41 Å². The van der Waals surface area contributed by atoms with Gasteiger partial charge >= 0.3 is 0 Å². The summed E-state index contributed by atoms with van der Waals surface area (Å²) in [6.45, 7) is 2.78. The van der Waals surface area contributed by atoms with E-state index in [-0.39, 0.29) is 0 Å². The van der Waals surface area contributed by atoms with E-state index in [9.17, 15) is 0 Å². The smallest absolute Gasteiger partial charge is 0.182 e. The number of nitrogens with one attached hydrogen (secondary N) is 1. The first-order chi connectivity index (χ1) is 9.74. The van der Waals surface area contributed by atoms with E-state index in [1.165, 1.54) is 16.9 Å². The van der Waals surface area contributed by atoms with Crippen molar-refractivity contribution in [2.75, 3.05) is 0 Å². The summed E-state index contributed by atoms with van der Waals surface area (Å²) in [5, 5.41) is 10.1. The van der Waals surface area contributed by atoms with E-state index in [2.05, 4.69) is 36.2 Å². The van der Waals surface area contributed by atoms with E-state index in [0.29, 0.717) is 11.3 Å². The van der Waals surface area contributed by atoms with Crippen LogP contribution in [0.4, 0.5) is 0 Å². The Labute approximate surface area is 121 Å². The highest BCUT2D eigenvalue weighted by Crippen LogP contribution is 2.21. The number of nitrogens with zero attached hydrogens (tertiary/aromatic N) is 2. The van der Waals surface area contributed by atoms with Crippen LogP contribution in [0.5, 0.6) is 0 Å². The van der Waals surface area contributed by atoms with Crippen molar-refractivity contribution in [3.8, 4) is 11.3 Å². The first-order valence-corrected chi connectivity index (χ1v) is 7.31. The normalized spacial score (nSPS) is 10.7. The van der Waals surface area contributed by atoms with Crippen molar-refractivity contribution >= 4 is 11.3 Å². The summed E-state index contributed by atoms with van der Waals surface area (Å²) in [5.74, 6) is 0. The van der Waals surface area contributed by atoms with Crippen LogP contribution in [0.2, 0.25) is 0 Å². The van der Waals surface area contributed by atoms with Gasteiger partial charge in [-0.25, -0.2) is 0 Å². The van der Waals surface area contributed by atoms with Gasteiger partial charge < -0.3 is 4.57 Å². The Hall–Kier alpha value is -2.20. The summed E-state index contributed by atoms with van der Waals surface area (Å²) < 4.78 is 2.03. The van der Waals surface area contributed by atoms with E-state index in [1.807, 2.05) is 22.1 Å². The zero-order valence-electron chi connectivity index (χ0n) is 11.2. The minimum absolute atomic E-state index is 0.567. The van der Waals surface area contributed by atoms with Crippen molar-refractivity contribution in [1.82, 2.24) is 9.55 Å². The SMILES string of the molecule is Cc1ccc(-c2csc(=N)n2Cc2ccncc2)cc1. The van der Waals surface area contributed by atoms with Crippen LogP contribution in [0.1, 0.15) is 11.1 Å². The molecule has 2 heterocycles. The number of aromatic nitrogens is 2. The summed E-state index contributed by atoms with van der Waals surface area (Å²) in [5.41, 5.74) is 4.65. The Morgan fingerprint density at radius 2 is 1.80 bits per heavy atom. The molecule has 0 spiro atoms. The van der Waals surface area contributed by atoms with Gasteiger partial charge in [0, 0.05) is 17.8 Å². The van der Waals surface area contributed by atoms with Crippen LogP contribution in [0, 0.1) is 12.3 Å². The minimum atomic E-state index is 0.567. The standard InChI is InChI=1S/C16H15N3S/c1-12-2-4-14(5-3-12)15-11-20-16(17)19(15)10-13-6-8-18-9-7-13/h2-9,11,17H,10H2,1H3. The number of pyridine rings is 1. The van der Waals surface area contributed by atoms with E-state index >= 15 is 0 Å². The first kappa shape index (κ1) is 12.8. The van der Waals surface area contributed by atoms with Crippen molar-refractivity contribution < 1.29 is 0 Å². The van der Waals surface area contributed by atoms with Crippen LogP contribution in [-0.4, -0.2) is 9.55 Å². The van der Waals surface area contributed by atoms with Crippen LogP contribution in [-0.2, 0) is 6.54 Å². The van der Waals surface area contributed by atoms with Gasteiger partial charge in [-0.2, -0.15) is 0 Å². The molecular formula is C16H15N3S. The fourth-order valence-corrected chi connectivity index (χ4v) is 2.90. The van der Waals surface area contributed by atoms with Gasteiger partial charge in [-0.1, -0.05) is 29.8 Å². The lowest BCUT2D eigenvalue weighted by Crippen LogP contribution is -2.15. The lowest BCUT2D eigenvalue weighted by atomic mass is 10.1. The number of thiazole rings is 1. The number of aryl methyl sites for hydroxylation is 1. The molecule has 1 N–H and O–H groups in total. The molecule has 1 aromatic carbocycles. The van der Waals surface area contributed by atoms with Crippen LogP contribution in [0.25, 0.3) is 11.3 Å². The summed E-state index contributed by atoms with van der Waals surface area (Å²) in [6, 6.07) is 12.4. The van der Waals surface area contributed by atoms with Crippen molar-refractivity contribution in [2.24, 2.45) is 0 Å². The summed E-state index contributed by atoms with van der Waals surface area (Å²) in [7, 11) is 0. The van der Waals surface area contributed by atoms with E-state index in [0.717, 1.165) is 16.8 Å². The molecule has 0 aliphatic heterocycles. The van der Waals surface area contributed by atoms with Crippen LogP contribution in [0.15, 0.2) is 54.2 Å². The number of hydrogen-bond donors (Lipinski definition) is 1. The Morgan fingerprint density at radius 3 is 2.50 bits per heavy atom. The third kappa shape index (κ3) is 2.56. The third-order valence-electron chi connectivity index (χ3n) is 3.26. The lowest BCUT2D eigenvalue weighted by Gasteiger charge is -2.09. The highest BCUT2D eigenvalue weighted by molar-refractivity contribution is 7.07. The monoisotopic (exact) mass is 281 g/mol. The maximum atomic E-state index is 8.10. The van der Waals surface area contributed by atoms with E-state index < -0.39 is 0 Å². The highest BCUT2D eigenvalue weighted by atomic mass is 32.1. The molecule has 0 amide bonds. The highest BCUT2D eigenvalue weighted by Gasteiger charge is 2.07. The largest absolute Gasteiger partial charge is 0.312 e. The molecule has 0 saturated heterocycles. The third-order valence-corrected chi connectivity index (χ3v) is 4.04. The number of hydrogen-bond acceptors (Lipinski definition) is 3. The zero-order chi connectivity index (χ0) is 13.9. The molecule has 4 heteroatoms. The van der Waals surface area contributed by atoms with E-state index in [4.69, 9.17) is 5.41 Å². The Balaban J connectivity index is 2.01. The van der Waals surface area contributed by atoms with Crippen LogP contribution in [0.3, 0.4) is 0 Å². The second-order valence-corrected chi connectivity index (χ2v) is 5.59. The molecular weight excluding hydrogens is 266 g/mol. The molecule has 3 aromatic rings. The molecule has 100 valence electrons. The second-order valence-electron chi connectivity index (χ2n) is 4.73. The molecule has 0 unspecified atom stereocenters. The van der Waals surface area contributed by atoms with E-state index in [1.54, 1.807) is 12.4 Å². The molecule has 0 bridgehead atoms. The average Bonchev–Trinajstić information content (AvgIpc) is 2.83. The Kier molecular flexibility index (Phi) is 3.48. The Morgan fingerprint density at radius 1 is 1.10 bits per heavy atom. The molecule has 0 atom stereocenters. The van der Waals surface area contributed by atoms with Crippen molar-refractivity contribution in [2.45, 2.75) is 13.5 Å². The summed E-state index contributed by atoms with van der Waals surface area (Å²) >= 11 is 1.46. The molecule has 20 heavy (non-hydrogen) atoms. The minimum Gasteiger partial charge on any atom is -0.312 e. The topological polar surface area (TPSA) is 41.7 Å². The van der Waals surface area contributed by atoms with Gasteiger partial charge in [0.1, 0.15) is 0 Å². The molecule has 2 aromatic heterocycles. The summed E-state index contributed by atoms with van der Waals surface area (Å²) in [4.78, 5) is 4.60. The number of rotatable bonds is 3. The molecule has 3 nitrogen and oxygen atoms in total. The summed E-state index contributed by atoms with van der Waals surface area (Å²) in [6.07, 6.45) is 3.58. The van der Waals surface area contributed by atoms with Crippen molar-refractivity contribution in [3.05, 3.63) is 70.1 Å². The quantitative estimate of drug-likeness (QED) is 0.785. The molecule has 0 radical (unpaired) electrons. The average molecular weight is 281 g/mol. The van der Waals surface area contributed by atoms with Gasteiger partial charge in [0.2, 0.25) is 0 Å². The first-order valence-electron chi connectivity index (χ1n) is 6.43. The van der Waals surface area contributed by atoms with Crippen LogP contribution < -0.4 is 4.80 Å². The Bertz CT molecular complexity index is 754.